The molecule has 1 aromatic heterocycles. The van der Waals surface area contributed by atoms with Crippen LogP contribution < -0.4 is 0 Å². The van der Waals surface area contributed by atoms with E-state index in [1.807, 2.05) is 11.6 Å². The Labute approximate surface area is 115 Å². The molecule has 1 saturated carbocycles. The zero-order chi connectivity index (χ0) is 13.8. The molecular weight excluding hydrogens is 238 g/mol. The molecule has 0 spiro atoms. The summed E-state index contributed by atoms with van der Waals surface area (Å²) in [7, 11) is 0. The maximum absolute atomic E-state index is 12.3. The highest BCUT2D eigenvalue weighted by atomic mass is 16.1. The van der Waals surface area contributed by atoms with Crippen molar-refractivity contribution in [2.75, 3.05) is 0 Å². The first-order chi connectivity index (χ1) is 9.11. The van der Waals surface area contributed by atoms with E-state index in [0.29, 0.717) is 12.2 Å². The van der Waals surface area contributed by atoms with Crippen molar-refractivity contribution in [3.63, 3.8) is 0 Å². The van der Waals surface area contributed by atoms with Gasteiger partial charge in [-0.05, 0) is 44.4 Å². The first kappa shape index (κ1) is 14.2. The van der Waals surface area contributed by atoms with E-state index >= 15 is 0 Å². The van der Waals surface area contributed by atoms with Crippen molar-refractivity contribution in [3.05, 3.63) is 12.2 Å². The third kappa shape index (κ3) is 3.43. The van der Waals surface area contributed by atoms with E-state index < -0.39 is 0 Å². The quantitative estimate of drug-likeness (QED) is 0.820. The van der Waals surface area contributed by atoms with Crippen molar-refractivity contribution in [2.45, 2.75) is 59.4 Å². The minimum atomic E-state index is 0.247. The number of aromatic nitrogens is 3. The normalized spacial score (nSPS) is 23.8. The van der Waals surface area contributed by atoms with Gasteiger partial charge in [-0.2, -0.15) is 5.10 Å². The van der Waals surface area contributed by atoms with Crippen LogP contribution in [0.3, 0.4) is 0 Å². The largest absolute Gasteiger partial charge is 0.299 e. The Balaban J connectivity index is 1.88. The van der Waals surface area contributed by atoms with Crippen molar-refractivity contribution in [1.29, 1.82) is 0 Å². The van der Waals surface area contributed by atoms with Crippen molar-refractivity contribution in [3.8, 4) is 0 Å². The lowest BCUT2D eigenvalue weighted by Crippen LogP contribution is -2.26. The van der Waals surface area contributed by atoms with E-state index in [9.17, 15) is 4.79 Å². The molecule has 0 aromatic carbocycles. The van der Waals surface area contributed by atoms with Gasteiger partial charge >= 0.3 is 0 Å². The molecule has 0 aliphatic heterocycles. The van der Waals surface area contributed by atoms with Crippen molar-refractivity contribution >= 4 is 5.78 Å². The van der Waals surface area contributed by atoms with Gasteiger partial charge in [0.2, 0.25) is 0 Å². The van der Waals surface area contributed by atoms with E-state index in [1.165, 1.54) is 12.8 Å². The average Bonchev–Trinajstić information content (AvgIpc) is 2.86. The molecule has 2 rings (SSSR count). The summed E-state index contributed by atoms with van der Waals surface area (Å²) in [5.74, 6) is 2.97. The molecule has 4 nitrogen and oxygen atoms in total. The minimum Gasteiger partial charge on any atom is -0.299 e. The lowest BCUT2D eigenvalue weighted by Gasteiger charge is -2.30. The number of hydrogen-bond acceptors (Lipinski definition) is 3. The van der Waals surface area contributed by atoms with Crippen LogP contribution in [0.5, 0.6) is 0 Å². The van der Waals surface area contributed by atoms with Gasteiger partial charge in [-0.25, -0.2) is 9.67 Å². The van der Waals surface area contributed by atoms with E-state index in [4.69, 9.17) is 0 Å². The molecule has 0 radical (unpaired) electrons. The molecule has 0 bridgehead atoms. The second-order valence-electron chi connectivity index (χ2n) is 5.99. The standard InChI is InChI=1S/C15H25N3O/c1-4-18-15(16-10-17-18)9-14(19)13-7-5-12(6-8-13)11(2)3/h10-13H,4-9H2,1-3H3. The maximum atomic E-state index is 12.3. The Morgan fingerprint density at radius 2 is 2.05 bits per heavy atom. The molecule has 4 heteroatoms. The molecule has 1 aliphatic rings. The number of aryl methyl sites for hydroxylation is 1. The summed E-state index contributed by atoms with van der Waals surface area (Å²) in [6.07, 6.45) is 6.51. The summed E-state index contributed by atoms with van der Waals surface area (Å²) >= 11 is 0. The molecule has 1 fully saturated rings. The monoisotopic (exact) mass is 263 g/mol. The summed E-state index contributed by atoms with van der Waals surface area (Å²) in [5.41, 5.74) is 0. The number of nitrogens with zero attached hydrogens (tertiary/aromatic N) is 3. The predicted molar refractivity (Wildman–Crippen MR) is 74.7 cm³/mol. The van der Waals surface area contributed by atoms with Gasteiger partial charge in [0, 0.05) is 12.5 Å². The smallest absolute Gasteiger partial charge is 0.143 e. The van der Waals surface area contributed by atoms with E-state index in [1.54, 1.807) is 6.33 Å². The Morgan fingerprint density at radius 1 is 1.37 bits per heavy atom. The zero-order valence-electron chi connectivity index (χ0n) is 12.3. The highest BCUT2D eigenvalue weighted by Gasteiger charge is 2.28. The van der Waals surface area contributed by atoms with Gasteiger partial charge in [0.25, 0.3) is 0 Å². The number of Topliss-reactive ketones (excluding diaryl/α,β-unsaturated/α-hetero) is 1. The summed E-state index contributed by atoms with van der Waals surface area (Å²) in [6, 6.07) is 0. The molecule has 0 atom stereocenters. The summed E-state index contributed by atoms with van der Waals surface area (Å²) in [5, 5.41) is 4.12. The maximum Gasteiger partial charge on any atom is 0.143 e. The number of rotatable bonds is 5. The lowest BCUT2D eigenvalue weighted by molar-refractivity contribution is -0.123. The molecule has 1 aromatic rings. The third-order valence-corrected chi connectivity index (χ3v) is 4.50. The Bertz CT molecular complexity index is 417. The van der Waals surface area contributed by atoms with E-state index in [2.05, 4.69) is 23.9 Å². The number of hydrogen-bond donors (Lipinski definition) is 0. The molecule has 0 saturated heterocycles. The first-order valence-electron chi connectivity index (χ1n) is 7.51. The topological polar surface area (TPSA) is 47.8 Å². The molecule has 0 amide bonds. The van der Waals surface area contributed by atoms with Crippen LogP contribution in [-0.2, 0) is 17.8 Å². The van der Waals surface area contributed by atoms with Crippen LogP contribution in [0.2, 0.25) is 0 Å². The van der Waals surface area contributed by atoms with Gasteiger partial charge in [-0.1, -0.05) is 13.8 Å². The fourth-order valence-corrected chi connectivity index (χ4v) is 3.10. The molecule has 1 heterocycles. The van der Waals surface area contributed by atoms with Crippen LogP contribution in [0.25, 0.3) is 0 Å². The predicted octanol–water partition coefficient (Wildman–Crippen LogP) is 2.87. The van der Waals surface area contributed by atoms with Crippen LogP contribution in [0.15, 0.2) is 6.33 Å². The summed E-state index contributed by atoms with van der Waals surface area (Å²) in [6.45, 7) is 7.38. The van der Waals surface area contributed by atoms with Crippen LogP contribution in [0.1, 0.15) is 52.3 Å². The van der Waals surface area contributed by atoms with Gasteiger partial charge in [-0.15, -0.1) is 0 Å². The fraction of sp³-hybridized carbons (Fsp3) is 0.800. The van der Waals surface area contributed by atoms with Crippen molar-refractivity contribution in [1.82, 2.24) is 14.8 Å². The number of carbonyl (C=O) groups excluding carboxylic acids is 1. The number of ketones is 1. The van der Waals surface area contributed by atoms with E-state index in [-0.39, 0.29) is 5.92 Å². The second kappa shape index (κ2) is 6.31. The van der Waals surface area contributed by atoms with Crippen molar-refractivity contribution < 1.29 is 4.79 Å². The SMILES string of the molecule is CCn1ncnc1CC(=O)C1CCC(C(C)C)CC1. The van der Waals surface area contributed by atoms with Crippen molar-refractivity contribution in [2.24, 2.45) is 17.8 Å². The van der Waals surface area contributed by atoms with Gasteiger partial charge in [-0.3, -0.25) is 4.79 Å². The summed E-state index contributed by atoms with van der Waals surface area (Å²) in [4.78, 5) is 16.5. The van der Waals surface area contributed by atoms with Crippen LogP contribution in [0, 0.1) is 17.8 Å². The average molecular weight is 263 g/mol. The Hall–Kier alpha value is -1.19. The molecule has 0 N–H and O–H groups in total. The first-order valence-corrected chi connectivity index (χ1v) is 7.51. The molecule has 1 aliphatic carbocycles. The molecule has 106 valence electrons. The zero-order valence-corrected chi connectivity index (χ0v) is 12.3. The van der Waals surface area contributed by atoms with Crippen LogP contribution in [0.4, 0.5) is 0 Å². The molecular formula is C15H25N3O. The van der Waals surface area contributed by atoms with E-state index in [0.717, 1.165) is 37.0 Å². The highest BCUT2D eigenvalue weighted by Crippen LogP contribution is 2.33. The van der Waals surface area contributed by atoms with Gasteiger partial charge < -0.3 is 0 Å². The fourth-order valence-electron chi connectivity index (χ4n) is 3.10. The Morgan fingerprint density at radius 3 is 2.63 bits per heavy atom. The molecule has 19 heavy (non-hydrogen) atoms. The van der Waals surface area contributed by atoms with Gasteiger partial charge in [0.15, 0.2) is 0 Å². The summed E-state index contributed by atoms with van der Waals surface area (Å²) < 4.78 is 1.82. The lowest BCUT2D eigenvalue weighted by atomic mass is 9.75. The Kier molecular flexibility index (Phi) is 4.72. The van der Waals surface area contributed by atoms with Crippen LogP contribution in [-0.4, -0.2) is 20.5 Å². The third-order valence-electron chi connectivity index (χ3n) is 4.50. The van der Waals surface area contributed by atoms with Crippen LogP contribution >= 0.6 is 0 Å². The molecule has 0 unspecified atom stereocenters. The van der Waals surface area contributed by atoms with Gasteiger partial charge in [0.05, 0.1) is 6.42 Å². The second-order valence-corrected chi connectivity index (χ2v) is 5.99. The highest BCUT2D eigenvalue weighted by molar-refractivity contribution is 5.82. The van der Waals surface area contributed by atoms with Gasteiger partial charge in [0.1, 0.15) is 17.9 Å². The number of carbonyl (C=O) groups is 1. The minimum absolute atomic E-state index is 0.247.